The van der Waals surface area contributed by atoms with Gasteiger partial charge in [0.15, 0.2) is 5.65 Å². The van der Waals surface area contributed by atoms with E-state index in [1.165, 1.54) is 0 Å². The van der Waals surface area contributed by atoms with Gasteiger partial charge in [0.05, 0.1) is 11.2 Å². The topological polar surface area (TPSA) is 75.7 Å². The molecule has 3 rings (SSSR count). The number of nitrogens with zero attached hydrogens (tertiary/aromatic N) is 3. The number of hydrogen-bond donors (Lipinski definition) is 2. The summed E-state index contributed by atoms with van der Waals surface area (Å²) < 4.78 is 5.87. The summed E-state index contributed by atoms with van der Waals surface area (Å²) in [5, 5.41) is 11.1. The van der Waals surface area contributed by atoms with Crippen LogP contribution in [0.15, 0.2) is 24.4 Å². The van der Waals surface area contributed by atoms with Gasteiger partial charge in [-0.2, -0.15) is 15.1 Å². The van der Waals surface area contributed by atoms with E-state index in [9.17, 15) is 0 Å². The van der Waals surface area contributed by atoms with Crippen molar-refractivity contribution in [3.05, 3.63) is 35.0 Å². The molecule has 2 N–H and O–H groups in total. The van der Waals surface area contributed by atoms with Gasteiger partial charge < -0.3 is 10.1 Å². The van der Waals surface area contributed by atoms with Crippen LogP contribution in [0.5, 0.6) is 11.6 Å². The standard InChI is InChI=1S/C14H14ClN5O/c1-3-16-14-18-12-9(7-17-20-12)13(19-14)21-11-6-8(2)4-5-10(11)15/h4-7H,3H2,1-2H3,(H2,16,17,18,19,20). The first-order chi connectivity index (χ1) is 10.2. The van der Waals surface area contributed by atoms with Crippen LogP contribution in [0.2, 0.25) is 5.02 Å². The van der Waals surface area contributed by atoms with E-state index in [2.05, 4.69) is 25.5 Å². The second-order valence-electron chi connectivity index (χ2n) is 4.55. The van der Waals surface area contributed by atoms with Crippen molar-refractivity contribution in [3.63, 3.8) is 0 Å². The summed E-state index contributed by atoms with van der Waals surface area (Å²) in [6, 6.07) is 5.58. The highest BCUT2D eigenvalue weighted by atomic mass is 35.5. The number of benzene rings is 1. The number of aromatic amines is 1. The molecule has 1 aromatic carbocycles. The summed E-state index contributed by atoms with van der Waals surface area (Å²) >= 11 is 6.16. The molecule has 0 fully saturated rings. The summed E-state index contributed by atoms with van der Waals surface area (Å²) in [7, 11) is 0. The van der Waals surface area contributed by atoms with Gasteiger partial charge in [-0.25, -0.2) is 0 Å². The van der Waals surface area contributed by atoms with Crippen LogP contribution >= 0.6 is 11.6 Å². The molecule has 0 aliphatic carbocycles. The molecule has 0 unspecified atom stereocenters. The molecule has 0 bridgehead atoms. The highest BCUT2D eigenvalue weighted by molar-refractivity contribution is 6.32. The first-order valence-electron chi connectivity index (χ1n) is 6.56. The molecule has 0 spiro atoms. The van der Waals surface area contributed by atoms with E-state index in [4.69, 9.17) is 16.3 Å². The molecular formula is C14H14ClN5O. The SMILES string of the molecule is CCNc1nc(Oc2cc(C)ccc2Cl)c2cn[nH]c2n1. The van der Waals surface area contributed by atoms with E-state index < -0.39 is 0 Å². The average molecular weight is 304 g/mol. The average Bonchev–Trinajstić information content (AvgIpc) is 2.92. The van der Waals surface area contributed by atoms with Gasteiger partial charge in [-0.15, -0.1) is 0 Å². The smallest absolute Gasteiger partial charge is 0.235 e. The number of ether oxygens (including phenoxy) is 1. The second-order valence-corrected chi connectivity index (χ2v) is 4.96. The maximum Gasteiger partial charge on any atom is 0.235 e. The van der Waals surface area contributed by atoms with Crippen molar-refractivity contribution in [2.45, 2.75) is 13.8 Å². The number of H-pyrrole nitrogens is 1. The normalized spacial score (nSPS) is 10.8. The molecule has 2 aromatic heterocycles. The van der Waals surface area contributed by atoms with Crippen LogP contribution in [0.4, 0.5) is 5.95 Å². The molecule has 6 nitrogen and oxygen atoms in total. The fraction of sp³-hybridized carbons (Fsp3) is 0.214. The van der Waals surface area contributed by atoms with Crippen LogP contribution in [0.3, 0.4) is 0 Å². The Morgan fingerprint density at radius 1 is 1.33 bits per heavy atom. The molecule has 0 saturated heterocycles. The van der Waals surface area contributed by atoms with Gasteiger partial charge in [-0.3, -0.25) is 5.10 Å². The van der Waals surface area contributed by atoms with Crippen LogP contribution in [-0.2, 0) is 0 Å². The molecule has 0 amide bonds. The molecule has 2 heterocycles. The number of fused-ring (bicyclic) bond motifs is 1. The second kappa shape index (κ2) is 5.57. The van der Waals surface area contributed by atoms with Crippen molar-refractivity contribution in [1.29, 1.82) is 0 Å². The lowest BCUT2D eigenvalue weighted by Gasteiger charge is -2.10. The van der Waals surface area contributed by atoms with Gasteiger partial charge in [-0.1, -0.05) is 17.7 Å². The first kappa shape index (κ1) is 13.6. The van der Waals surface area contributed by atoms with Crippen molar-refractivity contribution < 1.29 is 4.74 Å². The van der Waals surface area contributed by atoms with E-state index in [1.54, 1.807) is 12.3 Å². The third-order valence-electron chi connectivity index (χ3n) is 2.90. The quantitative estimate of drug-likeness (QED) is 0.771. The van der Waals surface area contributed by atoms with Gasteiger partial charge >= 0.3 is 0 Å². The molecule has 0 atom stereocenters. The summed E-state index contributed by atoms with van der Waals surface area (Å²) in [5.74, 6) is 1.45. The Morgan fingerprint density at radius 3 is 3.00 bits per heavy atom. The number of hydrogen-bond acceptors (Lipinski definition) is 5. The highest BCUT2D eigenvalue weighted by Crippen LogP contribution is 2.32. The van der Waals surface area contributed by atoms with Crippen molar-refractivity contribution in [1.82, 2.24) is 20.2 Å². The van der Waals surface area contributed by atoms with E-state index >= 15 is 0 Å². The number of rotatable bonds is 4. The van der Waals surface area contributed by atoms with Gasteiger partial charge in [0.25, 0.3) is 0 Å². The van der Waals surface area contributed by atoms with Gasteiger partial charge in [-0.05, 0) is 31.5 Å². The van der Waals surface area contributed by atoms with E-state index in [0.29, 0.717) is 40.2 Å². The van der Waals surface area contributed by atoms with Crippen LogP contribution in [0.1, 0.15) is 12.5 Å². The summed E-state index contributed by atoms with van der Waals surface area (Å²) in [6.07, 6.45) is 1.63. The van der Waals surface area contributed by atoms with Crippen molar-refractivity contribution >= 4 is 28.6 Å². The largest absolute Gasteiger partial charge is 0.436 e. The monoisotopic (exact) mass is 303 g/mol. The number of anilines is 1. The Morgan fingerprint density at radius 2 is 2.19 bits per heavy atom. The van der Waals surface area contributed by atoms with Crippen molar-refractivity contribution in [2.24, 2.45) is 0 Å². The predicted molar refractivity (Wildman–Crippen MR) is 82.1 cm³/mol. The molecule has 0 aliphatic rings. The lowest BCUT2D eigenvalue weighted by Crippen LogP contribution is -2.03. The number of nitrogens with one attached hydrogen (secondary N) is 2. The summed E-state index contributed by atoms with van der Waals surface area (Å²) in [4.78, 5) is 8.68. The molecule has 108 valence electrons. The number of halogens is 1. The Hall–Kier alpha value is -2.34. The van der Waals surface area contributed by atoms with E-state index in [-0.39, 0.29) is 0 Å². The van der Waals surface area contributed by atoms with Crippen molar-refractivity contribution in [2.75, 3.05) is 11.9 Å². The van der Waals surface area contributed by atoms with E-state index in [0.717, 1.165) is 5.56 Å². The Balaban J connectivity index is 2.06. The fourth-order valence-corrected chi connectivity index (χ4v) is 2.07. The Bertz CT molecular complexity index is 786. The fourth-order valence-electron chi connectivity index (χ4n) is 1.92. The molecule has 0 saturated carbocycles. The zero-order valence-corrected chi connectivity index (χ0v) is 12.4. The maximum absolute atomic E-state index is 6.16. The summed E-state index contributed by atoms with van der Waals surface area (Å²) in [6.45, 7) is 4.66. The van der Waals surface area contributed by atoms with Crippen LogP contribution < -0.4 is 10.1 Å². The Kier molecular flexibility index (Phi) is 3.62. The third kappa shape index (κ3) is 2.75. The first-order valence-corrected chi connectivity index (χ1v) is 6.94. The summed E-state index contributed by atoms with van der Waals surface area (Å²) in [5.41, 5.74) is 1.67. The third-order valence-corrected chi connectivity index (χ3v) is 3.22. The molecule has 21 heavy (non-hydrogen) atoms. The minimum absolute atomic E-state index is 0.414. The van der Waals surface area contributed by atoms with Crippen LogP contribution in [-0.4, -0.2) is 26.7 Å². The van der Waals surface area contributed by atoms with Crippen LogP contribution in [0, 0.1) is 6.92 Å². The van der Waals surface area contributed by atoms with E-state index in [1.807, 2.05) is 26.0 Å². The lowest BCUT2D eigenvalue weighted by molar-refractivity contribution is 0.469. The van der Waals surface area contributed by atoms with Gasteiger partial charge in [0, 0.05) is 6.54 Å². The van der Waals surface area contributed by atoms with Crippen molar-refractivity contribution in [3.8, 4) is 11.6 Å². The van der Waals surface area contributed by atoms with Gasteiger partial charge in [0.1, 0.15) is 11.1 Å². The van der Waals surface area contributed by atoms with Crippen LogP contribution in [0.25, 0.3) is 11.0 Å². The minimum Gasteiger partial charge on any atom is -0.436 e. The predicted octanol–water partition coefficient (Wildman–Crippen LogP) is 3.54. The molecule has 3 aromatic rings. The lowest BCUT2D eigenvalue weighted by atomic mass is 10.2. The molecule has 0 aliphatic heterocycles. The molecular weight excluding hydrogens is 290 g/mol. The molecule has 7 heteroatoms. The minimum atomic E-state index is 0.414. The zero-order chi connectivity index (χ0) is 14.8. The number of aromatic nitrogens is 4. The Labute approximate surface area is 126 Å². The zero-order valence-electron chi connectivity index (χ0n) is 11.6. The maximum atomic E-state index is 6.16. The van der Waals surface area contributed by atoms with Gasteiger partial charge in [0.2, 0.25) is 11.8 Å². The highest BCUT2D eigenvalue weighted by Gasteiger charge is 2.13. The molecule has 0 radical (unpaired) electrons. The number of aryl methyl sites for hydroxylation is 1.